The number of hydrogen-bond acceptors (Lipinski definition) is 2. The van der Waals surface area contributed by atoms with Gasteiger partial charge >= 0.3 is 0 Å². The van der Waals surface area contributed by atoms with E-state index in [1.165, 1.54) is 37.9 Å². The first-order valence-electron chi connectivity index (χ1n) is 6.28. The summed E-state index contributed by atoms with van der Waals surface area (Å²) in [6.07, 6.45) is 8.43. The molecular weight excluding hydrogens is 218 g/mol. The van der Waals surface area contributed by atoms with Gasteiger partial charge in [-0.05, 0) is 31.3 Å². The Hall–Kier alpha value is -0.380. The van der Waals surface area contributed by atoms with E-state index in [0.29, 0.717) is 0 Å². The van der Waals surface area contributed by atoms with E-state index in [9.17, 15) is 0 Å². The molecule has 4 heteroatoms. The number of rotatable bonds is 9. The van der Waals surface area contributed by atoms with Crippen LogP contribution in [0.1, 0.15) is 39.0 Å². The Morgan fingerprint density at radius 3 is 2.19 bits per heavy atom. The summed E-state index contributed by atoms with van der Waals surface area (Å²) in [7, 11) is 1.83. The molecule has 0 spiro atoms. The van der Waals surface area contributed by atoms with Crippen LogP contribution in [0.25, 0.3) is 0 Å². The van der Waals surface area contributed by atoms with Crippen molar-refractivity contribution in [3.05, 3.63) is 0 Å². The number of hydrogen-bond donors (Lipinski definition) is 2. The number of thioether (sulfide) groups is 1. The number of unbranched alkanes of at least 4 members (excludes halogenated alkanes) is 3. The molecule has 96 valence electrons. The molecule has 0 aliphatic carbocycles. The Morgan fingerprint density at radius 1 is 1.06 bits per heavy atom. The van der Waals surface area contributed by atoms with Crippen LogP contribution in [-0.2, 0) is 0 Å². The largest absolute Gasteiger partial charge is 0.356 e. The lowest BCUT2D eigenvalue weighted by Gasteiger charge is -2.11. The highest BCUT2D eigenvalue weighted by Gasteiger charge is 1.95. The van der Waals surface area contributed by atoms with Crippen LogP contribution < -0.4 is 10.6 Å². The SMILES string of the molecule is CCCCCNC(=NC)NCCCCSC. The third-order valence-electron chi connectivity index (χ3n) is 2.36. The maximum absolute atomic E-state index is 4.19. The fraction of sp³-hybridized carbons (Fsp3) is 0.917. The highest BCUT2D eigenvalue weighted by molar-refractivity contribution is 7.98. The molecule has 2 N–H and O–H groups in total. The van der Waals surface area contributed by atoms with Gasteiger partial charge in [-0.25, -0.2) is 0 Å². The van der Waals surface area contributed by atoms with Gasteiger partial charge in [-0.3, -0.25) is 4.99 Å². The van der Waals surface area contributed by atoms with Crippen molar-refractivity contribution in [1.29, 1.82) is 0 Å². The average molecular weight is 245 g/mol. The Labute approximate surface area is 105 Å². The predicted molar refractivity (Wildman–Crippen MR) is 76.5 cm³/mol. The monoisotopic (exact) mass is 245 g/mol. The standard InChI is InChI=1S/C12H27N3S/c1-4-5-6-9-14-12(13-2)15-10-7-8-11-16-3/h4-11H2,1-3H3,(H2,13,14,15). The molecule has 0 radical (unpaired) electrons. The molecule has 0 aliphatic rings. The predicted octanol–water partition coefficient (Wildman–Crippen LogP) is 2.48. The summed E-state index contributed by atoms with van der Waals surface area (Å²) in [6, 6.07) is 0. The minimum Gasteiger partial charge on any atom is -0.356 e. The molecule has 0 amide bonds. The second kappa shape index (κ2) is 12.7. The highest BCUT2D eigenvalue weighted by Crippen LogP contribution is 1.97. The minimum atomic E-state index is 0.945. The van der Waals surface area contributed by atoms with Crippen molar-refractivity contribution in [2.45, 2.75) is 39.0 Å². The van der Waals surface area contributed by atoms with Gasteiger partial charge in [0.15, 0.2) is 5.96 Å². The molecule has 0 heterocycles. The van der Waals surface area contributed by atoms with Crippen molar-refractivity contribution in [2.75, 3.05) is 32.1 Å². The van der Waals surface area contributed by atoms with Crippen LogP contribution in [0.5, 0.6) is 0 Å². The molecule has 0 rings (SSSR count). The summed E-state index contributed by atoms with van der Waals surface area (Å²) in [6.45, 7) is 4.27. The van der Waals surface area contributed by atoms with Gasteiger partial charge in [0.1, 0.15) is 0 Å². The summed E-state index contributed by atoms with van der Waals surface area (Å²) < 4.78 is 0. The molecule has 0 saturated heterocycles. The molecule has 0 fully saturated rings. The van der Waals surface area contributed by atoms with Gasteiger partial charge < -0.3 is 10.6 Å². The van der Waals surface area contributed by atoms with E-state index in [1.807, 2.05) is 18.8 Å². The second-order valence-electron chi connectivity index (χ2n) is 3.83. The molecular formula is C12H27N3S. The average Bonchev–Trinajstić information content (AvgIpc) is 2.31. The Balaban J connectivity index is 3.38. The highest BCUT2D eigenvalue weighted by atomic mass is 32.2. The van der Waals surface area contributed by atoms with Gasteiger partial charge in [0.2, 0.25) is 0 Å². The number of guanidine groups is 1. The minimum absolute atomic E-state index is 0.945. The maximum Gasteiger partial charge on any atom is 0.190 e. The van der Waals surface area contributed by atoms with Crippen LogP contribution in [-0.4, -0.2) is 38.1 Å². The molecule has 16 heavy (non-hydrogen) atoms. The third-order valence-corrected chi connectivity index (χ3v) is 3.06. The van der Waals surface area contributed by atoms with Gasteiger partial charge in [-0.2, -0.15) is 11.8 Å². The summed E-state index contributed by atoms with van der Waals surface area (Å²) >= 11 is 1.91. The third kappa shape index (κ3) is 10.1. The summed E-state index contributed by atoms with van der Waals surface area (Å²) in [5.41, 5.74) is 0. The van der Waals surface area contributed by atoms with Crippen LogP contribution in [0.4, 0.5) is 0 Å². The van der Waals surface area contributed by atoms with Crippen molar-refractivity contribution in [3.8, 4) is 0 Å². The zero-order chi connectivity index (χ0) is 12.1. The maximum atomic E-state index is 4.19. The van der Waals surface area contributed by atoms with Crippen LogP contribution in [0.2, 0.25) is 0 Å². The first kappa shape index (κ1) is 15.6. The van der Waals surface area contributed by atoms with E-state index in [4.69, 9.17) is 0 Å². The van der Waals surface area contributed by atoms with Crippen molar-refractivity contribution in [1.82, 2.24) is 10.6 Å². The van der Waals surface area contributed by atoms with E-state index in [2.05, 4.69) is 28.8 Å². The molecule has 0 aromatic carbocycles. The zero-order valence-electron chi connectivity index (χ0n) is 11.0. The van der Waals surface area contributed by atoms with Gasteiger partial charge in [-0.1, -0.05) is 19.8 Å². The van der Waals surface area contributed by atoms with Gasteiger partial charge in [0, 0.05) is 20.1 Å². The number of aliphatic imine (C=N–C) groups is 1. The summed E-state index contributed by atoms with van der Waals surface area (Å²) in [5.74, 6) is 2.20. The van der Waals surface area contributed by atoms with Crippen LogP contribution in [0, 0.1) is 0 Å². The van der Waals surface area contributed by atoms with Crippen LogP contribution >= 0.6 is 11.8 Å². The van der Waals surface area contributed by atoms with Crippen molar-refractivity contribution in [2.24, 2.45) is 4.99 Å². The van der Waals surface area contributed by atoms with E-state index in [0.717, 1.165) is 19.0 Å². The summed E-state index contributed by atoms with van der Waals surface area (Å²) in [4.78, 5) is 4.19. The fourth-order valence-corrected chi connectivity index (χ4v) is 1.87. The normalized spacial score (nSPS) is 11.6. The van der Waals surface area contributed by atoms with E-state index in [-0.39, 0.29) is 0 Å². The number of nitrogens with zero attached hydrogens (tertiary/aromatic N) is 1. The zero-order valence-corrected chi connectivity index (χ0v) is 11.8. The van der Waals surface area contributed by atoms with Crippen LogP contribution in [0.3, 0.4) is 0 Å². The van der Waals surface area contributed by atoms with Crippen molar-refractivity contribution >= 4 is 17.7 Å². The van der Waals surface area contributed by atoms with Gasteiger partial charge in [-0.15, -0.1) is 0 Å². The molecule has 0 aromatic rings. The lowest BCUT2D eigenvalue weighted by atomic mass is 10.2. The Kier molecular flexibility index (Phi) is 12.4. The molecule has 0 unspecified atom stereocenters. The van der Waals surface area contributed by atoms with Gasteiger partial charge in [0.05, 0.1) is 0 Å². The molecule has 0 bridgehead atoms. The molecule has 0 saturated carbocycles. The quantitative estimate of drug-likeness (QED) is 0.372. The number of nitrogens with one attached hydrogen (secondary N) is 2. The van der Waals surface area contributed by atoms with E-state index < -0.39 is 0 Å². The van der Waals surface area contributed by atoms with Crippen molar-refractivity contribution in [3.63, 3.8) is 0 Å². The fourth-order valence-electron chi connectivity index (χ4n) is 1.38. The first-order valence-corrected chi connectivity index (χ1v) is 7.68. The summed E-state index contributed by atoms with van der Waals surface area (Å²) in [5, 5.41) is 6.66. The molecule has 0 aliphatic heterocycles. The Morgan fingerprint density at radius 2 is 1.69 bits per heavy atom. The molecule has 0 aromatic heterocycles. The van der Waals surface area contributed by atoms with Crippen molar-refractivity contribution < 1.29 is 0 Å². The Bertz CT molecular complexity index is 172. The lowest BCUT2D eigenvalue weighted by Crippen LogP contribution is -2.38. The molecule has 0 atom stereocenters. The first-order chi connectivity index (χ1) is 7.85. The topological polar surface area (TPSA) is 36.4 Å². The van der Waals surface area contributed by atoms with Gasteiger partial charge in [0.25, 0.3) is 0 Å². The lowest BCUT2D eigenvalue weighted by molar-refractivity contribution is 0.675. The molecule has 3 nitrogen and oxygen atoms in total. The van der Waals surface area contributed by atoms with E-state index >= 15 is 0 Å². The van der Waals surface area contributed by atoms with E-state index in [1.54, 1.807) is 0 Å². The second-order valence-corrected chi connectivity index (χ2v) is 4.82. The van der Waals surface area contributed by atoms with Crippen LogP contribution in [0.15, 0.2) is 4.99 Å². The smallest absolute Gasteiger partial charge is 0.190 e.